The Kier molecular flexibility index (Phi) is 5.02. The van der Waals surface area contributed by atoms with Gasteiger partial charge in [0.2, 0.25) is 0 Å². The average molecular weight is 362 g/mol. The zero-order chi connectivity index (χ0) is 13.1. The zero-order valence-corrected chi connectivity index (χ0v) is 10.7. The van der Waals surface area contributed by atoms with Crippen LogP contribution in [-0.4, -0.2) is 29.5 Å². The first-order valence-corrected chi connectivity index (χ1v) is 5.71. The van der Waals surface area contributed by atoms with Crippen molar-refractivity contribution in [2.45, 2.75) is 12.3 Å². The molecule has 0 aliphatic heterocycles. The maximum atomic E-state index is 12.4. The first kappa shape index (κ1) is 14.5. The topological polar surface area (TPSA) is 49.7 Å². The molecule has 1 aromatic rings. The van der Waals surface area contributed by atoms with Crippen LogP contribution in [0.5, 0.6) is 5.75 Å². The number of hydrogen-bond donors (Lipinski definition) is 2. The molecule has 0 amide bonds. The summed E-state index contributed by atoms with van der Waals surface area (Å²) < 4.78 is 42.4. The molecule has 0 fully saturated rings. The van der Waals surface area contributed by atoms with Crippen molar-refractivity contribution >= 4 is 22.6 Å². The summed E-state index contributed by atoms with van der Waals surface area (Å²) in [6.45, 7) is -0.630. The third-order valence-corrected chi connectivity index (χ3v) is 2.74. The SMILES string of the molecule is OCC(O)COc1ccc(C(F)(F)F)cc1I. The monoisotopic (exact) mass is 362 g/mol. The van der Waals surface area contributed by atoms with E-state index in [1.54, 1.807) is 22.6 Å². The number of rotatable bonds is 4. The molecule has 17 heavy (non-hydrogen) atoms. The number of aliphatic hydroxyl groups excluding tert-OH is 2. The molecule has 0 spiro atoms. The van der Waals surface area contributed by atoms with Crippen LogP contribution >= 0.6 is 22.6 Å². The van der Waals surface area contributed by atoms with Gasteiger partial charge in [-0.1, -0.05) is 0 Å². The van der Waals surface area contributed by atoms with Crippen LogP contribution in [-0.2, 0) is 6.18 Å². The molecular formula is C10H10F3IO3. The predicted molar refractivity (Wildman–Crippen MR) is 62.7 cm³/mol. The largest absolute Gasteiger partial charge is 0.490 e. The fraction of sp³-hybridized carbons (Fsp3) is 0.400. The second kappa shape index (κ2) is 5.87. The summed E-state index contributed by atoms with van der Waals surface area (Å²) in [5.41, 5.74) is -0.753. The number of alkyl halides is 3. The lowest BCUT2D eigenvalue weighted by Gasteiger charge is -2.13. The number of halogens is 4. The summed E-state index contributed by atoms with van der Waals surface area (Å²) in [5, 5.41) is 17.6. The Hall–Kier alpha value is -0.540. The van der Waals surface area contributed by atoms with Crippen molar-refractivity contribution in [3.05, 3.63) is 27.3 Å². The van der Waals surface area contributed by atoms with Crippen LogP contribution in [0.3, 0.4) is 0 Å². The van der Waals surface area contributed by atoms with Gasteiger partial charge in [-0.3, -0.25) is 0 Å². The van der Waals surface area contributed by atoms with Gasteiger partial charge in [-0.25, -0.2) is 0 Å². The van der Waals surface area contributed by atoms with E-state index in [0.29, 0.717) is 3.57 Å². The number of aliphatic hydroxyl groups is 2. The summed E-state index contributed by atoms with van der Waals surface area (Å²) in [5.74, 6) is 0.242. The standard InChI is InChI=1S/C10H10F3IO3/c11-10(12,13)6-1-2-9(8(14)3-6)17-5-7(16)4-15/h1-3,7,15-16H,4-5H2. The first-order chi connectivity index (χ1) is 7.84. The zero-order valence-electron chi connectivity index (χ0n) is 8.54. The molecule has 1 aromatic carbocycles. The van der Waals surface area contributed by atoms with Crippen LogP contribution in [0.25, 0.3) is 0 Å². The summed E-state index contributed by atoms with van der Waals surface area (Å²) in [4.78, 5) is 0. The normalized spacial score (nSPS) is 13.5. The molecule has 3 nitrogen and oxygen atoms in total. The highest BCUT2D eigenvalue weighted by Gasteiger charge is 2.30. The van der Waals surface area contributed by atoms with Crippen molar-refractivity contribution in [1.82, 2.24) is 0 Å². The molecule has 1 unspecified atom stereocenters. The quantitative estimate of drug-likeness (QED) is 0.807. The Bertz CT molecular complexity index is 382. The summed E-state index contributed by atoms with van der Waals surface area (Å²) in [6.07, 6.45) is -5.43. The van der Waals surface area contributed by atoms with Crippen molar-refractivity contribution in [2.75, 3.05) is 13.2 Å². The van der Waals surface area contributed by atoms with E-state index in [9.17, 15) is 13.2 Å². The lowest BCUT2D eigenvalue weighted by molar-refractivity contribution is -0.137. The van der Waals surface area contributed by atoms with Crippen LogP contribution in [0.2, 0.25) is 0 Å². The molecule has 0 aliphatic rings. The number of benzene rings is 1. The van der Waals surface area contributed by atoms with Gasteiger partial charge in [-0.05, 0) is 40.8 Å². The van der Waals surface area contributed by atoms with Crippen LogP contribution in [0, 0.1) is 3.57 Å². The summed E-state index contributed by atoms with van der Waals surface area (Å²) >= 11 is 1.72. The third-order valence-electron chi connectivity index (χ3n) is 1.90. The van der Waals surface area contributed by atoms with Crippen molar-refractivity contribution in [3.8, 4) is 5.75 Å². The van der Waals surface area contributed by atoms with Gasteiger partial charge in [0.25, 0.3) is 0 Å². The second-order valence-corrected chi connectivity index (χ2v) is 4.45. The molecule has 0 saturated carbocycles. The van der Waals surface area contributed by atoms with Crippen molar-refractivity contribution in [1.29, 1.82) is 0 Å². The van der Waals surface area contributed by atoms with E-state index in [0.717, 1.165) is 12.1 Å². The molecule has 2 N–H and O–H groups in total. The molecule has 1 rings (SSSR count). The minimum Gasteiger partial charge on any atom is -0.490 e. The first-order valence-electron chi connectivity index (χ1n) is 4.63. The van der Waals surface area contributed by atoms with Crippen LogP contribution in [0.15, 0.2) is 18.2 Å². The van der Waals surface area contributed by atoms with E-state index in [2.05, 4.69) is 0 Å². The van der Waals surface area contributed by atoms with Crippen LogP contribution in [0.4, 0.5) is 13.2 Å². The van der Waals surface area contributed by atoms with Gasteiger partial charge in [-0.15, -0.1) is 0 Å². The summed E-state index contributed by atoms with van der Waals surface area (Å²) in [7, 11) is 0. The molecule has 0 aliphatic carbocycles. The molecule has 7 heteroatoms. The molecule has 0 saturated heterocycles. The molecule has 0 bridgehead atoms. The minimum atomic E-state index is -4.39. The van der Waals surface area contributed by atoms with Gasteiger partial charge in [0.05, 0.1) is 15.7 Å². The van der Waals surface area contributed by atoms with Crippen molar-refractivity contribution in [2.24, 2.45) is 0 Å². The molecule has 0 heterocycles. The molecular weight excluding hydrogens is 352 g/mol. The number of hydrogen-bond acceptors (Lipinski definition) is 3. The van der Waals surface area contributed by atoms with Gasteiger partial charge in [-0.2, -0.15) is 13.2 Å². The van der Waals surface area contributed by atoms with Crippen LogP contribution in [0.1, 0.15) is 5.56 Å². The lowest BCUT2D eigenvalue weighted by Crippen LogP contribution is -2.21. The third kappa shape index (κ3) is 4.32. The Labute approximate surface area is 109 Å². The fourth-order valence-corrected chi connectivity index (χ4v) is 1.70. The Morgan fingerprint density at radius 2 is 2.00 bits per heavy atom. The maximum Gasteiger partial charge on any atom is 0.416 e. The van der Waals surface area contributed by atoms with Gasteiger partial charge in [0.15, 0.2) is 0 Å². The van der Waals surface area contributed by atoms with Gasteiger partial charge >= 0.3 is 6.18 Å². The van der Waals surface area contributed by atoms with Crippen LogP contribution < -0.4 is 4.74 Å². The highest BCUT2D eigenvalue weighted by molar-refractivity contribution is 14.1. The molecule has 1 atom stereocenters. The van der Waals surface area contributed by atoms with E-state index < -0.39 is 24.5 Å². The van der Waals surface area contributed by atoms with Gasteiger partial charge in [0.1, 0.15) is 18.5 Å². The van der Waals surface area contributed by atoms with Gasteiger partial charge < -0.3 is 14.9 Å². The van der Waals surface area contributed by atoms with E-state index in [4.69, 9.17) is 14.9 Å². The highest BCUT2D eigenvalue weighted by Crippen LogP contribution is 2.33. The van der Waals surface area contributed by atoms with Crippen molar-refractivity contribution in [3.63, 3.8) is 0 Å². The van der Waals surface area contributed by atoms with E-state index in [1.165, 1.54) is 6.07 Å². The lowest BCUT2D eigenvalue weighted by atomic mass is 10.2. The van der Waals surface area contributed by atoms with E-state index in [1.807, 2.05) is 0 Å². The Balaban J connectivity index is 2.77. The predicted octanol–water partition coefficient (Wildman–Crippen LogP) is 2.04. The smallest absolute Gasteiger partial charge is 0.416 e. The van der Waals surface area contributed by atoms with Crippen molar-refractivity contribution < 1.29 is 28.1 Å². The Morgan fingerprint density at radius 3 is 2.47 bits per heavy atom. The fourth-order valence-electron chi connectivity index (χ4n) is 1.03. The molecule has 0 aromatic heterocycles. The maximum absolute atomic E-state index is 12.4. The minimum absolute atomic E-state index is 0.169. The average Bonchev–Trinajstić information content (AvgIpc) is 2.25. The summed E-state index contributed by atoms with van der Waals surface area (Å²) in [6, 6.07) is 3.05. The molecule has 0 radical (unpaired) electrons. The highest BCUT2D eigenvalue weighted by atomic mass is 127. The molecule has 96 valence electrons. The Morgan fingerprint density at radius 1 is 1.35 bits per heavy atom. The van der Waals surface area contributed by atoms with E-state index in [-0.39, 0.29) is 12.4 Å². The number of ether oxygens (including phenoxy) is 1. The second-order valence-electron chi connectivity index (χ2n) is 3.29. The van der Waals surface area contributed by atoms with E-state index >= 15 is 0 Å². The van der Waals surface area contributed by atoms with Gasteiger partial charge in [0, 0.05) is 0 Å².